The van der Waals surface area contributed by atoms with Crippen molar-refractivity contribution in [1.82, 2.24) is 0 Å². The molecule has 7 aromatic rings. The van der Waals surface area contributed by atoms with E-state index in [1.807, 2.05) is 36.4 Å². The molecule has 3 atom stereocenters. The van der Waals surface area contributed by atoms with Crippen LogP contribution in [0.3, 0.4) is 0 Å². The van der Waals surface area contributed by atoms with Crippen molar-refractivity contribution in [1.29, 1.82) is 0 Å². The summed E-state index contributed by atoms with van der Waals surface area (Å²) in [4.78, 5) is 0. The zero-order valence-electron chi connectivity index (χ0n) is 42.5. The Morgan fingerprint density at radius 2 is 0.472 bits per heavy atom. The number of aromatic hydroxyl groups is 3. The highest BCUT2D eigenvalue weighted by atomic mass is 16.5. The summed E-state index contributed by atoms with van der Waals surface area (Å²) in [5.41, 5.74) is 7.26. The van der Waals surface area contributed by atoms with Gasteiger partial charge in [0.2, 0.25) is 0 Å². The van der Waals surface area contributed by atoms with E-state index in [1.165, 1.54) is 57.8 Å². The maximum Gasteiger partial charge on any atom is 0.119 e. The molecule has 0 amide bonds. The van der Waals surface area contributed by atoms with Gasteiger partial charge in [-0.2, -0.15) is 0 Å². The van der Waals surface area contributed by atoms with Crippen LogP contribution in [0.1, 0.15) is 167 Å². The molecule has 0 saturated heterocycles. The summed E-state index contributed by atoms with van der Waals surface area (Å²) in [6, 6.07) is 56.2. The van der Waals surface area contributed by atoms with E-state index >= 15 is 0 Å². The number of hydrogen-bond acceptors (Lipinski definition) is 6. The second-order valence-electron chi connectivity index (χ2n) is 21.5. The van der Waals surface area contributed by atoms with Crippen LogP contribution >= 0.6 is 0 Å². The monoisotopic (exact) mass is 961 g/mol. The van der Waals surface area contributed by atoms with Gasteiger partial charge in [-0.05, 0) is 221 Å². The third kappa shape index (κ3) is 10.2. The number of hydrogen-bond donors (Lipinski definition) is 3. The molecule has 0 spiro atoms. The standard InChI is InChI=1S/C66H72O6/c1-64(46-19-31-55(67)32-20-46,49-25-37-61(38-26-49)70-58-13-7-4-8-14-58)52-43-53(65(2,47-21-33-56(68)34-22-47)50-27-39-62(40-28-50)71-59-15-9-5-10-16-59)45-54(44-52)66(3,48-23-35-57(69)36-24-48)51-29-41-63(42-30-51)72-60-17-11-6-12-18-60/h19-45,58-60,67-69H,4-18H2,1-3H3. The highest BCUT2D eigenvalue weighted by Crippen LogP contribution is 2.49. The molecule has 0 bridgehead atoms. The Kier molecular flexibility index (Phi) is 14.4. The first-order valence-electron chi connectivity index (χ1n) is 26.9. The molecule has 3 aliphatic carbocycles. The molecule has 6 heteroatoms. The Morgan fingerprint density at radius 1 is 0.278 bits per heavy atom. The predicted octanol–water partition coefficient (Wildman–Crippen LogP) is 16.0. The maximum absolute atomic E-state index is 10.8. The molecule has 3 N–H and O–H groups in total. The van der Waals surface area contributed by atoms with Crippen molar-refractivity contribution in [3.05, 3.63) is 214 Å². The molecular weight excluding hydrogens is 889 g/mol. The van der Waals surface area contributed by atoms with E-state index in [-0.39, 0.29) is 35.6 Å². The summed E-state index contributed by atoms with van der Waals surface area (Å²) in [5.74, 6) is 3.24. The van der Waals surface area contributed by atoms with Gasteiger partial charge in [-0.25, -0.2) is 0 Å². The number of phenolic OH excluding ortho intramolecular Hbond substituents is 3. The molecule has 6 nitrogen and oxygen atoms in total. The lowest BCUT2D eigenvalue weighted by Crippen LogP contribution is -2.32. The topological polar surface area (TPSA) is 88.4 Å². The van der Waals surface area contributed by atoms with Crippen LogP contribution in [0.25, 0.3) is 0 Å². The van der Waals surface area contributed by atoms with E-state index < -0.39 is 16.2 Å². The Labute approximate surface area is 427 Å². The van der Waals surface area contributed by atoms with E-state index in [0.717, 1.165) is 106 Å². The minimum atomic E-state index is -0.747. The highest BCUT2D eigenvalue weighted by molar-refractivity contribution is 5.61. The van der Waals surface area contributed by atoms with Gasteiger partial charge in [0.05, 0.1) is 18.3 Å². The fourth-order valence-corrected chi connectivity index (χ4v) is 12.1. The molecule has 7 aromatic carbocycles. The van der Waals surface area contributed by atoms with Gasteiger partial charge in [0.1, 0.15) is 34.5 Å². The summed E-state index contributed by atoms with van der Waals surface area (Å²) in [6.07, 6.45) is 18.1. The number of ether oxygens (including phenoxy) is 3. The van der Waals surface area contributed by atoms with Crippen molar-refractivity contribution < 1.29 is 29.5 Å². The molecule has 0 radical (unpaired) electrons. The van der Waals surface area contributed by atoms with E-state index in [1.54, 1.807) is 36.4 Å². The van der Waals surface area contributed by atoms with Gasteiger partial charge in [0.25, 0.3) is 0 Å². The van der Waals surface area contributed by atoms with Crippen LogP contribution < -0.4 is 14.2 Å². The van der Waals surface area contributed by atoms with Gasteiger partial charge in [0.15, 0.2) is 0 Å². The van der Waals surface area contributed by atoms with Crippen LogP contribution in [0, 0.1) is 0 Å². The molecule has 3 unspecified atom stereocenters. The summed E-state index contributed by atoms with van der Waals surface area (Å²) in [6.45, 7) is 6.89. The molecule has 0 heterocycles. The van der Waals surface area contributed by atoms with Gasteiger partial charge >= 0.3 is 0 Å². The van der Waals surface area contributed by atoms with Gasteiger partial charge in [0, 0.05) is 16.2 Å². The van der Waals surface area contributed by atoms with Gasteiger partial charge in [-0.1, -0.05) is 110 Å². The van der Waals surface area contributed by atoms with Crippen LogP contribution in [0.15, 0.2) is 164 Å². The molecule has 0 aromatic heterocycles. The Morgan fingerprint density at radius 3 is 0.681 bits per heavy atom. The average molecular weight is 961 g/mol. The van der Waals surface area contributed by atoms with Crippen LogP contribution in [0.2, 0.25) is 0 Å². The van der Waals surface area contributed by atoms with E-state index in [4.69, 9.17) is 14.2 Å². The minimum Gasteiger partial charge on any atom is -0.508 e. The first kappa shape index (κ1) is 48.9. The third-order valence-corrected chi connectivity index (χ3v) is 16.9. The van der Waals surface area contributed by atoms with Crippen molar-refractivity contribution in [2.45, 2.75) is 152 Å². The van der Waals surface area contributed by atoms with Crippen molar-refractivity contribution in [3.63, 3.8) is 0 Å². The third-order valence-electron chi connectivity index (χ3n) is 16.9. The lowest BCUT2D eigenvalue weighted by Gasteiger charge is -2.39. The van der Waals surface area contributed by atoms with E-state index in [2.05, 4.69) is 112 Å². The van der Waals surface area contributed by atoms with Crippen LogP contribution in [-0.4, -0.2) is 33.6 Å². The van der Waals surface area contributed by atoms with Crippen LogP contribution in [-0.2, 0) is 16.2 Å². The molecule has 72 heavy (non-hydrogen) atoms. The lowest BCUT2D eigenvalue weighted by atomic mass is 9.63. The molecule has 3 aliphatic rings. The summed E-state index contributed by atoms with van der Waals surface area (Å²) < 4.78 is 19.8. The fourth-order valence-electron chi connectivity index (χ4n) is 12.1. The molecule has 3 fully saturated rings. The maximum atomic E-state index is 10.8. The van der Waals surface area contributed by atoms with Crippen LogP contribution in [0.4, 0.5) is 0 Å². The molecule has 372 valence electrons. The molecule has 10 rings (SSSR count). The summed E-state index contributed by atoms with van der Waals surface area (Å²) in [5, 5.41) is 32.3. The predicted molar refractivity (Wildman–Crippen MR) is 289 cm³/mol. The average Bonchev–Trinajstić information content (AvgIpc) is 3.42. The first-order chi connectivity index (χ1) is 35.0. The Bertz CT molecular complexity index is 2530. The first-order valence-corrected chi connectivity index (χ1v) is 26.9. The zero-order valence-corrected chi connectivity index (χ0v) is 42.5. The second kappa shape index (κ2) is 21.2. The van der Waals surface area contributed by atoms with Crippen molar-refractivity contribution in [3.8, 4) is 34.5 Å². The van der Waals surface area contributed by atoms with Crippen molar-refractivity contribution in [2.75, 3.05) is 0 Å². The number of rotatable bonds is 15. The largest absolute Gasteiger partial charge is 0.508 e. The quantitative estimate of drug-likeness (QED) is 0.0888. The highest BCUT2D eigenvalue weighted by Gasteiger charge is 2.40. The van der Waals surface area contributed by atoms with Crippen molar-refractivity contribution >= 4 is 0 Å². The van der Waals surface area contributed by atoms with Gasteiger partial charge in [-0.15, -0.1) is 0 Å². The Balaban J connectivity index is 1.19. The van der Waals surface area contributed by atoms with Gasteiger partial charge in [-0.3, -0.25) is 0 Å². The number of benzene rings is 7. The summed E-state index contributed by atoms with van der Waals surface area (Å²) in [7, 11) is 0. The molecule has 3 saturated carbocycles. The van der Waals surface area contributed by atoms with Crippen molar-refractivity contribution in [2.24, 2.45) is 0 Å². The van der Waals surface area contributed by atoms with Gasteiger partial charge < -0.3 is 29.5 Å². The second-order valence-corrected chi connectivity index (χ2v) is 21.5. The summed E-state index contributed by atoms with van der Waals surface area (Å²) >= 11 is 0. The Hall–Kier alpha value is -6.66. The minimum absolute atomic E-state index is 0.207. The number of phenols is 3. The van der Waals surface area contributed by atoms with E-state index in [9.17, 15) is 15.3 Å². The van der Waals surface area contributed by atoms with Crippen LogP contribution in [0.5, 0.6) is 34.5 Å². The normalized spacial score (nSPS) is 18.5. The fraction of sp³-hybridized carbons (Fsp3) is 0.364. The molecular formula is C66H72O6. The molecule has 0 aliphatic heterocycles. The smallest absolute Gasteiger partial charge is 0.119 e. The SMILES string of the molecule is CC(c1ccc(O)cc1)(c1ccc(OC2CCCCC2)cc1)c1cc(C(C)(c2ccc(O)cc2)c2ccc(OC3CCCCC3)cc2)cc(C(C)(c2ccc(O)cc2)c2ccc(OC3CCCCC3)cc2)c1. The van der Waals surface area contributed by atoms with E-state index in [0.29, 0.717) is 0 Å². The lowest BCUT2D eigenvalue weighted by molar-refractivity contribution is 0.155. The zero-order chi connectivity index (χ0) is 49.7.